The molecule has 0 aromatic carbocycles. The van der Waals surface area contributed by atoms with Crippen LogP contribution >= 0.6 is 0 Å². The average Bonchev–Trinajstić information content (AvgIpc) is 2.63. The average molecular weight is 395 g/mol. The van der Waals surface area contributed by atoms with Crippen molar-refractivity contribution in [2.45, 2.75) is 79.8 Å². The van der Waals surface area contributed by atoms with Gasteiger partial charge < -0.3 is 21.5 Å². The first-order valence-corrected chi connectivity index (χ1v) is 10.4. The van der Waals surface area contributed by atoms with Gasteiger partial charge in [-0.3, -0.25) is 4.79 Å². The van der Waals surface area contributed by atoms with Crippen molar-refractivity contribution in [3.63, 3.8) is 0 Å². The summed E-state index contributed by atoms with van der Waals surface area (Å²) in [6.07, 6.45) is 2.74. The van der Waals surface area contributed by atoms with E-state index in [1.807, 2.05) is 6.92 Å². The molecule has 0 fully saturated rings. The van der Waals surface area contributed by atoms with Crippen molar-refractivity contribution in [2.75, 3.05) is 19.6 Å². The third-order valence-electron chi connectivity index (χ3n) is 6.25. The quantitative estimate of drug-likeness (QED) is 0.338. The van der Waals surface area contributed by atoms with Crippen LogP contribution in [-0.4, -0.2) is 36.8 Å². The standard InChI is InChI=1S/C22H42N4O2/c1-8-21(6,18(3)26-14-17(2)27)15-20(4,5)22(7,16-24)11-10-19(28)25-13-9-12-23/h17,26-27H,3,8-15,23H2,1-2,4-7H3,(H,25,28). The van der Waals surface area contributed by atoms with Crippen LogP contribution in [-0.2, 0) is 4.79 Å². The van der Waals surface area contributed by atoms with E-state index < -0.39 is 11.5 Å². The number of aliphatic hydroxyl groups is 1. The highest BCUT2D eigenvalue weighted by atomic mass is 16.3. The van der Waals surface area contributed by atoms with Crippen molar-refractivity contribution in [3.8, 4) is 6.07 Å². The lowest BCUT2D eigenvalue weighted by Gasteiger charge is -2.46. The number of aliphatic hydroxyl groups excluding tert-OH is 1. The van der Waals surface area contributed by atoms with E-state index in [0.29, 0.717) is 32.5 Å². The Balaban J connectivity index is 5.18. The number of nitrogens with zero attached hydrogens (tertiary/aromatic N) is 1. The fourth-order valence-electron chi connectivity index (χ4n) is 3.43. The maximum absolute atomic E-state index is 12.1. The zero-order valence-electron chi connectivity index (χ0n) is 18.8. The lowest BCUT2D eigenvalue weighted by atomic mass is 9.58. The number of hydrogen-bond acceptors (Lipinski definition) is 5. The Bertz CT molecular complexity index is 553. The van der Waals surface area contributed by atoms with Gasteiger partial charge in [0, 0.05) is 30.6 Å². The Labute approximate surface area is 172 Å². The van der Waals surface area contributed by atoms with Gasteiger partial charge in [0.05, 0.1) is 17.6 Å². The molecule has 0 aliphatic carbocycles. The molecule has 0 radical (unpaired) electrons. The van der Waals surface area contributed by atoms with Crippen LogP contribution in [0.3, 0.4) is 0 Å². The molecule has 28 heavy (non-hydrogen) atoms. The molecule has 0 heterocycles. The van der Waals surface area contributed by atoms with E-state index in [1.54, 1.807) is 6.92 Å². The molecule has 1 amide bonds. The first-order chi connectivity index (χ1) is 12.9. The van der Waals surface area contributed by atoms with Gasteiger partial charge in [-0.15, -0.1) is 0 Å². The fraction of sp³-hybridized carbons (Fsp3) is 0.818. The van der Waals surface area contributed by atoms with Crippen LogP contribution in [0.15, 0.2) is 12.3 Å². The van der Waals surface area contributed by atoms with E-state index in [9.17, 15) is 15.2 Å². The Morgan fingerprint density at radius 2 is 1.89 bits per heavy atom. The number of carbonyl (C=O) groups is 1. The van der Waals surface area contributed by atoms with Crippen LogP contribution in [0.4, 0.5) is 0 Å². The second-order valence-corrected chi connectivity index (χ2v) is 9.12. The number of hydrogen-bond donors (Lipinski definition) is 4. The molecule has 3 atom stereocenters. The van der Waals surface area contributed by atoms with Crippen molar-refractivity contribution in [2.24, 2.45) is 22.0 Å². The minimum absolute atomic E-state index is 0.0352. The molecule has 0 aliphatic rings. The summed E-state index contributed by atoms with van der Waals surface area (Å²) in [5.74, 6) is -0.0352. The van der Waals surface area contributed by atoms with Gasteiger partial charge in [0.2, 0.25) is 5.91 Å². The van der Waals surface area contributed by atoms with Crippen LogP contribution in [0.1, 0.15) is 73.6 Å². The van der Waals surface area contributed by atoms with Crippen LogP contribution in [0, 0.1) is 27.6 Å². The number of carbonyl (C=O) groups excluding carboxylic acids is 1. The molecule has 0 aromatic rings. The predicted octanol–water partition coefficient (Wildman–Crippen LogP) is 3.08. The van der Waals surface area contributed by atoms with E-state index in [2.05, 4.69) is 51.0 Å². The van der Waals surface area contributed by atoms with Gasteiger partial charge in [-0.1, -0.05) is 34.3 Å². The minimum atomic E-state index is -0.654. The van der Waals surface area contributed by atoms with Gasteiger partial charge in [-0.05, 0) is 51.5 Å². The van der Waals surface area contributed by atoms with Gasteiger partial charge in [0.25, 0.3) is 0 Å². The van der Waals surface area contributed by atoms with E-state index >= 15 is 0 Å². The highest BCUT2D eigenvalue weighted by molar-refractivity contribution is 5.75. The Kier molecular flexibility index (Phi) is 10.8. The third-order valence-corrected chi connectivity index (χ3v) is 6.25. The monoisotopic (exact) mass is 394 g/mol. The van der Waals surface area contributed by atoms with Crippen molar-refractivity contribution < 1.29 is 9.90 Å². The summed E-state index contributed by atoms with van der Waals surface area (Å²) in [6, 6.07) is 2.49. The van der Waals surface area contributed by atoms with E-state index in [0.717, 1.165) is 25.0 Å². The number of amides is 1. The normalized spacial score (nSPS) is 17.0. The number of nitrogens with two attached hydrogens (primary N) is 1. The topological polar surface area (TPSA) is 111 Å². The Hall–Kier alpha value is -1.58. The lowest BCUT2D eigenvalue weighted by Crippen LogP contribution is -2.42. The summed E-state index contributed by atoms with van der Waals surface area (Å²) in [5.41, 5.74) is 5.12. The van der Waals surface area contributed by atoms with Crippen molar-refractivity contribution in [1.29, 1.82) is 5.26 Å². The van der Waals surface area contributed by atoms with Gasteiger partial charge in [-0.2, -0.15) is 5.26 Å². The number of nitrogens with one attached hydrogen (secondary N) is 2. The highest BCUT2D eigenvalue weighted by Gasteiger charge is 2.45. The second-order valence-electron chi connectivity index (χ2n) is 9.12. The van der Waals surface area contributed by atoms with Crippen LogP contribution in [0.25, 0.3) is 0 Å². The first kappa shape index (κ1) is 26.4. The third kappa shape index (κ3) is 7.81. The van der Waals surface area contributed by atoms with Crippen LogP contribution in [0.2, 0.25) is 0 Å². The van der Waals surface area contributed by atoms with Gasteiger partial charge in [0.15, 0.2) is 0 Å². The summed E-state index contributed by atoms with van der Waals surface area (Å²) in [6.45, 7) is 17.9. The zero-order chi connectivity index (χ0) is 22.0. The molecule has 0 rings (SSSR count). The summed E-state index contributed by atoms with van der Waals surface area (Å²) in [4.78, 5) is 12.1. The molecular formula is C22H42N4O2. The molecular weight excluding hydrogens is 352 g/mol. The molecule has 3 unspecified atom stereocenters. The molecule has 0 aliphatic heterocycles. The van der Waals surface area contributed by atoms with Crippen molar-refractivity contribution in [1.82, 2.24) is 10.6 Å². The SMILES string of the molecule is C=C(NCC(C)O)C(C)(CC)CC(C)(C)C(C)(C#N)CCC(=O)NCCCN. The smallest absolute Gasteiger partial charge is 0.220 e. The summed E-state index contributed by atoms with van der Waals surface area (Å²) in [5, 5.41) is 25.6. The second kappa shape index (κ2) is 11.4. The van der Waals surface area contributed by atoms with Crippen LogP contribution < -0.4 is 16.4 Å². The van der Waals surface area contributed by atoms with E-state index in [4.69, 9.17) is 5.73 Å². The largest absolute Gasteiger partial charge is 0.392 e. The summed E-state index contributed by atoms with van der Waals surface area (Å²) >= 11 is 0. The van der Waals surface area contributed by atoms with Gasteiger partial charge in [0.1, 0.15) is 0 Å². The molecule has 5 N–H and O–H groups in total. The van der Waals surface area contributed by atoms with E-state index in [-0.39, 0.29) is 16.7 Å². The minimum Gasteiger partial charge on any atom is -0.392 e. The van der Waals surface area contributed by atoms with E-state index in [1.165, 1.54) is 0 Å². The van der Waals surface area contributed by atoms with Crippen molar-refractivity contribution >= 4 is 5.91 Å². The maximum Gasteiger partial charge on any atom is 0.220 e. The molecule has 6 nitrogen and oxygen atoms in total. The Morgan fingerprint density at radius 1 is 1.29 bits per heavy atom. The number of rotatable bonds is 14. The molecule has 0 saturated carbocycles. The predicted molar refractivity (Wildman–Crippen MR) is 115 cm³/mol. The summed E-state index contributed by atoms with van der Waals surface area (Å²) in [7, 11) is 0. The Morgan fingerprint density at radius 3 is 2.36 bits per heavy atom. The van der Waals surface area contributed by atoms with Crippen molar-refractivity contribution in [3.05, 3.63) is 12.3 Å². The summed E-state index contributed by atoms with van der Waals surface area (Å²) < 4.78 is 0. The number of allylic oxidation sites excluding steroid dienone is 1. The molecule has 162 valence electrons. The highest BCUT2D eigenvalue weighted by Crippen LogP contribution is 2.51. The van der Waals surface area contributed by atoms with Crippen LogP contribution in [0.5, 0.6) is 0 Å². The lowest BCUT2D eigenvalue weighted by molar-refractivity contribution is -0.121. The number of nitriles is 1. The first-order valence-electron chi connectivity index (χ1n) is 10.4. The van der Waals surface area contributed by atoms with Gasteiger partial charge >= 0.3 is 0 Å². The zero-order valence-corrected chi connectivity index (χ0v) is 18.8. The molecule has 6 heteroatoms. The fourth-order valence-corrected chi connectivity index (χ4v) is 3.43. The molecule has 0 saturated heterocycles. The maximum atomic E-state index is 12.1. The molecule has 0 spiro atoms. The molecule has 0 bridgehead atoms. The van der Waals surface area contributed by atoms with Gasteiger partial charge in [-0.25, -0.2) is 0 Å². The molecule has 0 aromatic heterocycles.